The Morgan fingerprint density at radius 3 is 2.57 bits per heavy atom. The molecule has 2 aromatic rings. The maximum absolute atomic E-state index is 13.4. The molecule has 0 radical (unpaired) electrons. The second-order valence-corrected chi connectivity index (χ2v) is 4.84. The molecule has 21 heavy (non-hydrogen) atoms. The molecule has 0 aliphatic rings. The molecule has 3 nitrogen and oxygen atoms in total. The largest absolute Gasteiger partial charge is 0.457 e. The minimum Gasteiger partial charge on any atom is -0.457 e. The minimum atomic E-state index is -0.269. The van der Waals surface area contributed by atoms with E-state index >= 15 is 0 Å². The first kappa shape index (κ1) is 15.5. The Labute approximate surface area is 124 Å². The quantitative estimate of drug-likeness (QED) is 0.789. The summed E-state index contributed by atoms with van der Waals surface area (Å²) in [4.78, 5) is 0. The number of benzene rings is 2. The summed E-state index contributed by atoms with van der Waals surface area (Å²) in [6.07, 6.45) is 0. The summed E-state index contributed by atoms with van der Waals surface area (Å²) in [5.74, 6) is 1.13. The van der Waals surface area contributed by atoms with Crippen LogP contribution in [0.1, 0.15) is 11.1 Å². The molecule has 2 aromatic carbocycles. The summed E-state index contributed by atoms with van der Waals surface area (Å²) in [5.41, 5.74) is 1.95. The fourth-order valence-electron chi connectivity index (χ4n) is 1.92. The van der Waals surface area contributed by atoms with E-state index in [1.54, 1.807) is 13.2 Å². The molecule has 0 saturated carbocycles. The van der Waals surface area contributed by atoms with Gasteiger partial charge in [0.15, 0.2) is 0 Å². The van der Waals surface area contributed by atoms with E-state index in [9.17, 15) is 4.39 Å². The first-order valence-corrected chi connectivity index (χ1v) is 6.91. The summed E-state index contributed by atoms with van der Waals surface area (Å²) in [5, 5.41) is 3.19. The van der Waals surface area contributed by atoms with E-state index in [0.29, 0.717) is 25.4 Å². The Bertz CT molecular complexity index is 570. The summed E-state index contributed by atoms with van der Waals surface area (Å²) in [7, 11) is 1.65. The van der Waals surface area contributed by atoms with Crippen LogP contribution >= 0.6 is 0 Å². The average Bonchev–Trinajstić information content (AvgIpc) is 2.48. The molecule has 0 saturated heterocycles. The van der Waals surface area contributed by atoms with E-state index in [1.807, 2.05) is 31.2 Å². The highest BCUT2D eigenvalue weighted by molar-refractivity contribution is 5.38. The SMILES string of the molecule is COCCNCc1cc(F)ccc1Oc1ccc(C)cc1. The molecule has 0 fully saturated rings. The van der Waals surface area contributed by atoms with Gasteiger partial charge < -0.3 is 14.8 Å². The normalized spacial score (nSPS) is 10.6. The van der Waals surface area contributed by atoms with E-state index in [4.69, 9.17) is 9.47 Å². The highest BCUT2D eigenvalue weighted by atomic mass is 19.1. The van der Waals surface area contributed by atoms with Gasteiger partial charge in [0.05, 0.1) is 6.61 Å². The van der Waals surface area contributed by atoms with Crippen molar-refractivity contribution >= 4 is 0 Å². The topological polar surface area (TPSA) is 30.5 Å². The number of methoxy groups -OCH3 is 1. The van der Waals surface area contributed by atoms with Crippen LogP contribution in [0.5, 0.6) is 11.5 Å². The van der Waals surface area contributed by atoms with E-state index in [1.165, 1.54) is 17.7 Å². The van der Waals surface area contributed by atoms with Crippen molar-refractivity contribution in [3.05, 3.63) is 59.4 Å². The molecule has 0 aliphatic carbocycles. The molecule has 112 valence electrons. The number of halogens is 1. The van der Waals surface area contributed by atoms with Crippen LogP contribution in [-0.2, 0) is 11.3 Å². The average molecular weight is 289 g/mol. The molecule has 0 amide bonds. The van der Waals surface area contributed by atoms with Gasteiger partial charge in [-0.05, 0) is 37.3 Å². The van der Waals surface area contributed by atoms with Gasteiger partial charge in [0.25, 0.3) is 0 Å². The number of nitrogens with one attached hydrogen (secondary N) is 1. The number of ether oxygens (including phenoxy) is 2. The van der Waals surface area contributed by atoms with Crippen molar-refractivity contribution in [2.75, 3.05) is 20.3 Å². The zero-order valence-electron chi connectivity index (χ0n) is 12.4. The molecule has 1 N–H and O–H groups in total. The molecule has 0 aromatic heterocycles. The van der Waals surface area contributed by atoms with Gasteiger partial charge in [0, 0.05) is 25.8 Å². The van der Waals surface area contributed by atoms with Gasteiger partial charge in [0.2, 0.25) is 0 Å². The van der Waals surface area contributed by atoms with Crippen molar-refractivity contribution < 1.29 is 13.9 Å². The molecular formula is C17H20FNO2. The Morgan fingerprint density at radius 1 is 1.10 bits per heavy atom. The first-order valence-electron chi connectivity index (χ1n) is 6.91. The van der Waals surface area contributed by atoms with E-state index in [2.05, 4.69) is 5.32 Å². The highest BCUT2D eigenvalue weighted by Gasteiger charge is 2.06. The zero-order chi connectivity index (χ0) is 15.1. The molecule has 0 heterocycles. The van der Waals surface area contributed by atoms with E-state index < -0.39 is 0 Å². The fraction of sp³-hybridized carbons (Fsp3) is 0.294. The molecule has 2 rings (SSSR count). The molecule has 0 aliphatic heterocycles. The van der Waals surface area contributed by atoms with Crippen LogP contribution in [0.3, 0.4) is 0 Å². The van der Waals surface area contributed by atoms with Crippen LogP contribution in [0.2, 0.25) is 0 Å². The third-order valence-electron chi connectivity index (χ3n) is 3.07. The second-order valence-electron chi connectivity index (χ2n) is 4.84. The number of hydrogen-bond donors (Lipinski definition) is 1. The molecule has 4 heteroatoms. The Balaban J connectivity index is 2.08. The highest BCUT2D eigenvalue weighted by Crippen LogP contribution is 2.26. The first-order chi connectivity index (χ1) is 10.2. The molecule has 0 unspecified atom stereocenters. The predicted octanol–water partition coefficient (Wildman–Crippen LogP) is 3.66. The van der Waals surface area contributed by atoms with Crippen LogP contribution in [-0.4, -0.2) is 20.3 Å². The van der Waals surface area contributed by atoms with Crippen LogP contribution < -0.4 is 10.1 Å². The Hall–Kier alpha value is -1.91. The maximum atomic E-state index is 13.4. The van der Waals surface area contributed by atoms with Gasteiger partial charge >= 0.3 is 0 Å². The lowest BCUT2D eigenvalue weighted by Gasteiger charge is -2.12. The van der Waals surface area contributed by atoms with Crippen LogP contribution in [0.15, 0.2) is 42.5 Å². The van der Waals surface area contributed by atoms with Gasteiger partial charge in [-0.15, -0.1) is 0 Å². The summed E-state index contributed by atoms with van der Waals surface area (Å²) < 4.78 is 24.2. The van der Waals surface area contributed by atoms with Gasteiger partial charge in [-0.2, -0.15) is 0 Å². The van der Waals surface area contributed by atoms with Crippen molar-refractivity contribution in [3.63, 3.8) is 0 Å². The van der Waals surface area contributed by atoms with Gasteiger partial charge in [-0.1, -0.05) is 17.7 Å². The van der Waals surface area contributed by atoms with Crippen molar-refractivity contribution in [3.8, 4) is 11.5 Å². The molecular weight excluding hydrogens is 269 g/mol. The number of hydrogen-bond acceptors (Lipinski definition) is 3. The predicted molar refractivity (Wildman–Crippen MR) is 81.2 cm³/mol. The van der Waals surface area contributed by atoms with Crippen molar-refractivity contribution in [1.29, 1.82) is 0 Å². The summed E-state index contributed by atoms with van der Waals surface area (Å²) in [6.45, 7) is 3.87. The van der Waals surface area contributed by atoms with Crippen LogP contribution in [0.25, 0.3) is 0 Å². The number of aryl methyl sites for hydroxylation is 1. The van der Waals surface area contributed by atoms with E-state index in [0.717, 1.165) is 11.3 Å². The van der Waals surface area contributed by atoms with Crippen LogP contribution in [0, 0.1) is 12.7 Å². The zero-order valence-corrected chi connectivity index (χ0v) is 12.4. The lowest BCUT2D eigenvalue weighted by molar-refractivity contribution is 0.199. The van der Waals surface area contributed by atoms with Crippen LogP contribution in [0.4, 0.5) is 4.39 Å². The molecule has 0 spiro atoms. The Kier molecular flexibility index (Phi) is 5.72. The fourth-order valence-corrected chi connectivity index (χ4v) is 1.92. The smallest absolute Gasteiger partial charge is 0.132 e. The van der Waals surface area contributed by atoms with Gasteiger partial charge in [0.1, 0.15) is 17.3 Å². The van der Waals surface area contributed by atoms with Gasteiger partial charge in [-0.25, -0.2) is 4.39 Å². The van der Waals surface area contributed by atoms with Crippen molar-refractivity contribution in [1.82, 2.24) is 5.32 Å². The maximum Gasteiger partial charge on any atom is 0.132 e. The summed E-state index contributed by atoms with van der Waals surface area (Å²) in [6, 6.07) is 12.3. The second kappa shape index (κ2) is 7.76. The summed E-state index contributed by atoms with van der Waals surface area (Å²) >= 11 is 0. The third kappa shape index (κ3) is 4.85. The van der Waals surface area contributed by atoms with E-state index in [-0.39, 0.29) is 5.82 Å². The number of rotatable bonds is 7. The Morgan fingerprint density at radius 2 is 1.86 bits per heavy atom. The van der Waals surface area contributed by atoms with Crippen molar-refractivity contribution in [2.24, 2.45) is 0 Å². The lowest BCUT2D eigenvalue weighted by atomic mass is 10.2. The molecule has 0 atom stereocenters. The van der Waals surface area contributed by atoms with Gasteiger partial charge in [-0.3, -0.25) is 0 Å². The minimum absolute atomic E-state index is 0.269. The lowest BCUT2D eigenvalue weighted by Crippen LogP contribution is -2.19. The van der Waals surface area contributed by atoms with Crippen molar-refractivity contribution in [2.45, 2.75) is 13.5 Å². The third-order valence-corrected chi connectivity index (χ3v) is 3.07. The monoisotopic (exact) mass is 289 g/mol. The standard InChI is InChI=1S/C17H20FNO2/c1-13-3-6-16(7-4-13)21-17-8-5-15(18)11-14(17)12-19-9-10-20-2/h3-8,11,19H,9-10,12H2,1-2H3. The molecule has 0 bridgehead atoms.